The Hall–Kier alpha value is -3.52. The standard InChI is InChI=1S/C27H23ClFN3O3/c28-22-3-1-4-23(29)25(22)26(33)19-7-10-24-20(15-19)17-32(13-14-34-24)16-18-5-8-21(9-6-18)35-27-30-11-2-12-31-27/h1-12,15,26,33H,13-14,16-17H2/t26-/m1/s1. The number of ether oxygens (including phenoxy) is 2. The van der Waals surface area contributed by atoms with Crippen molar-refractivity contribution < 1.29 is 19.0 Å². The van der Waals surface area contributed by atoms with Gasteiger partial charge in [-0.1, -0.05) is 35.9 Å². The van der Waals surface area contributed by atoms with E-state index in [-0.39, 0.29) is 10.6 Å². The third-order valence-electron chi connectivity index (χ3n) is 5.81. The molecule has 5 rings (SSSR count). The number of aliphatic hydroxyl groups is 1. The Morgan fingerprint density at radius 1 is 1.06 bits per heavy atom. The van der Waals surface area contributed by atoms with Crippen molar-refractivity contribution in [2.75, 3.05) is 13.2 Å². The van der Waals surface area contributed by atoms with Crippen molar-refractivity contribution in [2.24, 2.45) is 0 Å². The van der Waals surface area contributed by atoms with E-state index >= 15 is 0 Å². The zero-order valence-electron chi connectivity index (χ0n) is 18.8. The van der Waals surface area contributed by atoms with Crippen molar-refractivity contribution in [2.45, 2.75) is 19.2 Å². The number of hydrogen-bond acceptors (Lipinski definition) is 6. The van der Waals surface area contributed by atoms with Crippen LogP contribution in [0, 0.1) is 5.82 Å². The Bertz CT molecular complexity index is 1280. The maximum atomic E-state index is 14.4. The molecule has 0 bridgehead atoms. The van der Waals surface area contributed by atoms with Gasteiger partial charge in [-0.25, -0.2) is 14.4 Å². The van der Waals surface area contributed by atoms with Gasteiger partial charge in [0.2, 0.25) is 0 Å². The minimum atomic E-state index is -1.17. The van der Waals surface area contributed by atoms with Crippen molar-refractivity contribution in [3.8, 4) is 17.5 Å². The van der Waals surface area contributed by atoms with Crippen molar-refractivity contribution in [1.82, 2.24) is 14.9 Å². The molecule has 8 heteroatoms. The molecule has 1 aliphatic rings. The fourth-order valence-corrected chi connectivity index (χ4v) is 4.34. The van der Waals surface area contributed by atoms with E-state index in [1.807, 2.05) is 36.4 Å². The fraction of sp³-hybridized carbons (Fsp3) is 0.185. The highest BCUT2D eigenvalue weighted by Crippen LogP contribution is 2.34. The molecule has 1 aliphatic heterocycles. The molecule has 35 heavy (non-hydrogen) atoms. The SMILES string of the molecule is O[C@H](c1ccc2c(c1)CN(Cc1ccc(Oc3ncccn3)cc1)CCO2)c1c(F)cccc1Cl. The van der Waals surface area contributed by atoms with Gasteiger partial charge in [0.15, 0.2) is 0 Å². The molecule has 6 nitrogen and oxygen atoms in total. The molecule has 1 atom stereocenters. The number of aromatic nitrogens is 2. The number of fused-ring (bicyclic) bond motifs is 1. The molecule has 3 aromatic carbocycles. The quantitative estimate of drug-likeness (QED) is 0.382. The van der Waals surface area contributed by atoms with Gasteiger partial charge >= 0.3 is 6.01 Å². The molecule has 1 N–H and O–H groups in total. The second kappa shape index (κ2) is 10.4. The predicted octanol–water partition coefficient (Wildman–Crippen LogP) is 5.54. The lowest BCUT2D eigenvalue weighted by molar-refractivity contribution is 0.214. The molecule has 0 saturated carbocycles. The van der Waals surface area contributed by atoms with E-state index in [0.717, 1.165) is 23.4 Å². The van der Waals surface area contributed by atoms with Gasteiger partial charge in [0.05, 0.1) is 0 Å². The number of hydrogen-bond donors (Lipinski definition) is 1. The van der Waals surface area contributed by atoms with Crippen LogP contribution in [0.4, 0.5) is 4.39 Å². The third kappa shape index (κ3) is 5.43. The van der Waals surface area contributed by atoms with Gasteiger partial charge in [0.25, 0.3) is 0 Å². The molecule has 0 saturated heterocycles. The second-order valence-electron chi connectivity index (χ2n) is 8.24. The van der Waals surface area contributed by atoms with Crippen molar-refractivity contribution >= 4 is 11.6 Å². The lowest BCUT2D eigenvalue weighted by Crippen LogP contribution is -2.25. The highest BCUT2D eigenvalue weighted by Gasteiger charge is 2.22. The van der Waals surface area contributed by atoms with E-state index < -0.39 is 11.9 Å². The van der Waals surface area contributed by atoms with Crippen LogP contribution in [0.15, 0.2) is 79.1 Å². The van der Waals surface area contributed by atoms with E-state index in [9.17, 15) is 9.50 Å². The molecule has 0 aliphatic carbocycles. The van der Waals surface area contributed by atoms with Crippen LogP contribution < -0.4 is 9.47 Å². The monoisotopic (exact) mass is 491 g/mol. The van der Waals surface area contributed by atoms with E-state index in [2.05, 4.69) is 14.9 Å². The first-order valence-electron chi connectivity index (χ1n) is 11.2. The highest BCUT2D eigenvalue weighted by molar-refractivity contribution is 6.31. The summed E-state index contributed by atoms with van der Waals surface area (Å²) in [5.41, 5.74) is 2.67. The predicted molar refractivity (Wildman–Crippen MR) is 130 cm³/mol. The number of benzene rings is 3. The Kier molecular flexibility index (Phi) is 6.90. The molecule has 0 spiro atoms. The van der Waals surface area contributed by atoms with Crippen LogP contribution in [-0.4, -0.2) is 33.1 Å². The maximum absolute atomic E-state index is 14.4. The third-order valence-corrected chi connectivity index (χ3v) is 6.14. The summed E-state index contributed by atoms with van der Waals surface area (Å²) < 4.78 is 25.9. The van der Waals surface area contributed by atoms with Crippen LogP contribution in [0.2, 0.25) is 5.02 Å². The minimum Gasteiger partial charge on any atom is -0.492 e. The average molecular weight is 492 g/mol. The molecule has 4 aromatic rings. The van der Waals surface area contributed by atoms with Crippen LogP contribution in [0.5, 0.6) is 17.5 Å². The summed E-state index contributed by atoms with van der Waals surface area (Å²) in [6.45, 7) is 2.61. The lowest BCUT2D eigenvalue weighted by Gasteiger charge is -2.20. The van der Waals surface area contributed by atoms with Crippen LogP contribution in [0.1, 0.15) is 28.4 Å². The fourth-order valence-electron chi connectivity index (χ4n) is 4.08. The number of nitrogens with zero attached hydrogens (tertiary/aromatic N) is 3. The largest absolute Gasteiger partial charge is 0.492 e. The van der Waals surface area contributed by atoms with Crippen LogP contribution in [0.25, 0.3) is 0 Å². The summed E-state index contributed by atoms with van der Waals surface area (Å²) in [6, 6.07) is 19.6. The van der Waals surface area contributed by atoms with E-state index in [1.54, 1.807) is 30.6 Å². The first kappa shape index (κ1) is 23.2. The van der Waals surface area contributed by atoms with Gasteiger partial charge in [-0.15, -0.1) is 0 Å². The topological polar surface area (TPSA) is 67.7 Å². The van der Waals surface area contributed by atoms with Gasteiger partial charge < -0.3 is 14.6 Å². The second-order valence-corrected chi connectivity index (χ2v) is 8.65. The normalized spacial score (nSPS) is 14.5. The molecule has 2 heterocycles. The molecule has 0 unspecified atom stereocenters. The van der Waals surface area contributed by atoms with Crippen LogP contribution in [0.3, 0.4) is 0 Å². The highest BCUT2D eigenvalue weighted by atomic mass is 35.5. The molecule has 178 valence electrons. The number of aliphatic hydroxyl groups excluding tert-OH is 1. The summed E-state index contributed by atoms with van der Waals surface area (Å²) in [5, 5.41) is 11.0. The molecule has 0 radical (unpaired) electrons. The summed E-state index contributed by atoms with van der Waals surface area (Å²) in [4.78, 5) is 10.4. The zero-order valence-corrected chi connectivity index (χ0v) is 19.5. The van der Waals surface area contributed by atoms with Crippen molar-refractivity contribution in [3.05, 3.63) is 112 Å². The number of halogens is 2. The molecular weight excluding hydrogens is 469 g/mol. The van der Waals surface area contributed by atoms with Gasteiger partial charge in [-0.05, 0) is 53.6 Å². The number of rotatable bonds is 6. The van der Waals surface area contributed by atoms with Crippen LogP contribution >= 0.6 is 11.6 Å². The van der Waals surface area contributed by atoms with E-state index in [1.165, 1.54) is 12.1 Å². The molecule has 0 fully saturated rings. The van der Waals surface area contributed by atoms with Crippen molar-refractivity contribution in [3.63, 3.8) is 0 Å². The lowest BCUT2D eigenvalue weighted by atomic mass is 9.98. The van der Waals surface area contributed by atoms with Gasteiger partial charge in [0, 0.05) is 48.2 Å². The average Bonchev–Trinajstić information content (AvgIpc) is 3.07. The van der Waals surface area contributed by atoms with Crippen LogP contribution in [-0.2, 0) is 13.1 Å². The summed E-state index contributed by atoms with van der Waals surface area (Å²) >= 11 is 6.16. The van der Waals surface area contributed by atoms with Gasteiger partial charge in [-0.2, -0.15) is 0 Å². The smallest absolute Gasteiger partial charge is 0.321 e. The van der Waals surface area contributed by atoms with Gasteiger partial charge in [-0.3, -0.25) is 4.90 Å². The van der Waals surface area contributed by atoms with Gasteiger partial charge in [0.1, 0.15) is 30.0 Å². The Labute approximate surface area is 207 Å². The first-order chi connectivity index (χ1) is 17.1. The molecule has 0 amide bonds. The Morgan fingerprint density at radius 3 is 2.63 bits per heavy atom. The summed E-state index contributed by atoms with van der Waals surface area (Å²) in [7, 11) is 0. The first-order valence-corrected chi connectivity index (χ1v) is 11.6. The molecular formula is C27H23ClFN3O3. The molecule has 1 aromatic heterocycles. The Balaban J connectivity index is 1.30. The summed E-state index contributed by atoms with van der Waals surface area (Å²) in [6.07, 6.45) is 2.09. The zero-order chi connectivity index (χ0) is 24.2. The Morgan fingerprint density at radius 2 is 1.86 bits per heavy atom. The minimum absolute atomic E-state index is 0.0729. The van der Waals surface area contributed by atoms with Crippen molar-refractivity contribution in [1.29, 1.82) is 0 Å². The van der Waals surface area contributed by atoms with E-state index in [4.69, 9.17) is 21.1 Å². The van der Waals surface area contributed by atoms with E-state index in [0.29, 0.717) is 37.0 Å². The summed E-state index contributed by atoms with van der Waals surface area (Å²) in [5.74, 6) is 0.883. The maximum Gasteiger partial charge on any atom is 0.321 e.